The molecule has 2 aromatic rings. The topological polar surface area (TPSA) is 102 Å². The number of ether oxygens (including phenoxy) is 2. The molecule has 0 atom stereocenters. The molecule has 8 nitrogen and oxygen atoms in total. The number of rotatable bonds is 3. The number of nitrogens with one attached hydrogen (secondary N) is 1. The lowest BCUT2D eigenvalue weighted by Crippen LogP contribution is -2.39. The molecule has 3 rings (SSSR count). The first-order chi connectivity index (χ1) is 13.5. The van der Waals surface area contributed by atoms with Crippen molar-refractivity contribution in [2.24, 2.45) is 0 Å². The van der Waals surface area contributed by atoms with E-state index in [-0.39, 0.29) is 16.8 Å². The minimum atomic E-state index is -0.927. The molecule has 0 aliphatic carbocycles. The average Bonchev–Trinajstić information content (AvgIpc) is 3.16. The van der Waals surface area contributed by atoms with Crippen LogP contribution in [0.5, 0.6) is 0 Å². The highest BCUT2D eigenvalue weighted by atomic mass is 16.5. The molecule has 0 saturated carbocycles. The Bertz CT molecular complexity index is 969. The van der Waals surface area contributed by atoms with Gasteiger partial charge < -0.3 is 19.7 Å². The van der Waals surface area contributed by atoms with Crippen molar-refractivity contribution >= 4 is 35.1 Å². The van der Waals surface area contributed by atoms with Gasteiger partial charge in [0.2, 0.25) is 0 Å². The summed E-state index contributed by atoms with van der Waals surface area (Å²) in [5, 5.41) is 2.41. The van der Waals surface area contributed by atoms with Gasteiger partial charge in [-0.25, -0.2) is 9.59 Å². The zero-order valence-corrected chi connectivity index (χ0v) is 15.4. The van der Waals surface area contributed by atoms with E-state index < -0.39 is 23.8 Å². The third-order valence-electron chi connectivity index (χ3n) is 4.42. The van der Waals surface area contributed by atoms with Gasteiger partial charge in [-0.15, -0.1) is 0 Å². The SMILES string of the molecule is COC(=O)c1ccc(C(=O)OC)c(NC(=O)C(=O)N2CCc3ccccc32)c1. The fraction of sp³-hybridized carbons (Fsp3) is 0.200. The van der Waals surface area contributed by atoms with Crippen LogP contribution in [-0.2, 0) is 25.5 Å². The summed E-state index contributed by atoms with van der Waals surface area (Å²) in [4.78, 5) is 50.3. The van der Waals surface area contributed by atoms with E-state index >= 15 is 0 Å². The molecule has 1 heterocycles. The number of esters is 2. The molecule has 0 spiro atoms. The van der Waals surface area contributed by atoms with Crippen LogP contribution in [0, 0.1) is 0 Å². The number of carbonyl (C=O) groups excluding carboxylic acids is 4. The molecule has 0 fully saturated rings. The van der Waals surface area contributed by atoms with Crippen molar-refractivity contribution < 1.29 is 28.7 Å². The van der Waals surface area contributed by atoms with Gasteiger partial charge in [0.25, 0.3) is 0 Å². The molecule has 1 N–H and O–H groups in total. The number of para-hydroxylation sites is 1. The fourth-order valence-electron chi connectivity index (χ4n) is 3.03. The van der Waals surface area contributed by atoms with Gasteiger partial charge in [0.05, 0.1) is 31.0 Å². The highest BCUT2D eigenvalue weighted by Crippen LogP contribution is 2.28. The van der Waals surface area contributed by atoms with E-state index in [1.54, 1.807) is 12.1 Å². The number of hydrogen-bond donors (Lipinski definition) is 1. The van der Waals surface area contributed by atoms with Crippen molar-refractivity contribution in [2.45, 2.75) is 6.42 Å². The van der Waals surface area contributed by atoms with Gasteiger partial charge in [-0.05, 0) is 36.2 Å². The second-order valence-corrected chi connectivity index (χ2v) is 6.03. The maximum Gasteiger partial charge on any atom is 0.339 e. The van der Waals surface area contributed by atoms with Gasteiger partial charge >= 0.3 is 23.8 Å². The minimum absolute atomic E-state index is 0.0122. The summed E-state index contributed by atoms with van der Waals surface area (Å²) in [6.45, 7) is 0.387. The second-order valence-electron chi connectivity index (χ2n) is 6.03. The fourth-order valence-corrected chi connectivity index (χ4v) is 3.03. The van der Waals surface area contributed by atoms with E-state index in [4.69, 9.17) is 4.74 Å². The maximum atomic E-state index is 12.6. The van der Waals surface area contributed by atoms with E-state index in [9.17, 15) is 19.2 Å². The minimum Gasteiger partial charge on any atom is -0.465 e. The van der Waals surface area contributed by atoms with Crippen LogP contribution in [0.2, 0.25) is 0 Å². The average molecular weight is 382 g/mol. The molecule has 144 valence electrons. The van der Waals surface area contributed by atoms with Crippen molar-refractivity contribution in [3.63, 3.8) is 0 Å². The second kappa shape index (κ2) is 7.91. The van der Waals surface area contributed by atoms with Gasteiger partial charge in [0.15, 0.2) is 0 Å². The van der Waals surface area contributed by atoms with Gasteiger partial charge in [0.1, 0.15) is 0 Å². The van der Waals surface area contributed by atoms with Crippen LogP contribution < -0.4 is 10.2 Å². The van der Waals surface area contributed by atoms with Crippen molar-refractivity contribution in [2.75, 3.05) is 31.0 Å². The molecule has 2 aromatic carbocycles. The zero-order valence-electron chi connectivity index (χ0n) is 15.4. The van der Waals surface area contributed by atoms with Gasteiger partial charge in [-0.3, -0.25) is 9.59 Å². The first kappa shape index (κ1) is 19.1. The van der Waals surface area contributed by atoms with Gasteiger partial charge in [-0.2, -0.15) is 0 Å². The van der Waals surface area contributed by atoms with E-state index in [2.05, 4.69) is 10.1 Å². The summed E-state index contributed by atoms with van der Waals surface area (Å²) in [5.74, 6) is -3.05. The van der Waals surface area contributed by atoms with E-state index in [1.165, 1.54) is 37.3 Å². The van der Waals surface area contributed by atoms with Crippen molar-refractivity contribution in [1.29, 1.82) is 0 Å². The predicted molar refractivity (Wildman–Crippen MR) is 100 cm³/mol. The molecule has 0 saturated heterocycles. The predicted octanol–water partition coefficient (Wildman–Crippen LogP) is 1.79. The Morgan fingerprint density at radius 3 is 2.39 bits per heavy atom. The van der Waals surface area contributed by atoms with Crippen LogP contribution in [0.3, 0.4) is 0 Å². The number of carbonyl (C=O) groups is 4. The third-order valence-corrected chi connectivity index (χ3v) is 4.42. The summed E-state index contributed by atoms with van der Waals surface area (Å²) in [6, 6.07) is 11.3. The van der Waals surface area contributed by atoms with Gasteiger partial charge in [0, 0.05) is 12.2 Å². The number of methoxy groups -OCH3 is 2. The van der Waals surface area contributed by atoms with Crippen LogP contribution in [0.4, 0.5) is 11.4 Å². The Labute approximate surface area is 161 Å². The molecule has 2 amide bonds. The molecular formula is C20H18N2O6. The van der Waals surface area contributed by atoms with E-state index in [0.717, 1.165) is 5.56 Å². The van der Waals surface area contributed by atoms with Crippen LogP contribution >= 0.6 is 0 Å². The number of fused-ring (bicyclic) bond motifs is 1. The zero-order chi connectivity index (χ0) is 20.3. The summed E-state index contributed by atoms with van der Waals surface area (Å²) >= 11 is 0. The van der Waals surface area contributed by atoms with Crippen molar-refractivity contribution in [3.05, 3.63) is 59.2 Å². The first-order valence-corrected chi connectivity index (χ1v) is 8.47. The van der Waals surface area contributed by atoms with E-state index in [1.807, 2.05) is 12.1 Å². The Morgan fingerprint density at radius 1 is 0.964 bits per heavy atom. The van der Waals surface area contributed by atoms with Gasteiger partial charge in [-0.1, -0.05) is 18.2 Å². The number of nitrogens with zero attached hydrogens (tertiary/aromatic N) is 1. The summed E-state index contributed by atoms with van der Waals surface area (Å²) in [5.41, 5.74) is 1.77. The highest BCUT2D eigenvalue weighted by Gasteiger charge is 2.30. The lowest BCUT2D eigenvalue weighted by atomic mass is 10.1. The van der Waals surface area contributed by atoms with Crippen LogP contribution in [0.25, 0.3) is 0 Å². The Balaban J connectivity index is 1.87. The molecular weight excluding hydrogens is 364 g/mol. The molecule has 1 aliphatic heterocycles. The Kier molecular flexibility index (Phi) is 5.39. The molecule has 28 heavy (non-hydrogen) atoms. The lowest BCUT2D eigenvalue weighted by molar-refractivity contribution is -0.134. The molecule has 8 heteroatoms. The standard InChI is InChI=1S/C20H18N2O6/c1-27-19(25)13-7-8-14(20(26)28-2)15(11-13)21-17(23)18(24)22-10-9-12-5-3-4-6-16(12)22/h3-8,11H,9-10H2,1-2H3,(H,21,23). The first-order valence-electron chi connectivity index (χ1n) is 8.47. The lowest BCUT2D eigenvalue weighted by Gasteiger charge is -2.17. The number of benzene rings is 2. The highest BCUT2D eigenvalue weighted by molar-refractivity contribution is 6.44. The summed E-state index contributed by atoms with van der Waals surface area (Å²) < 4.78 is 9.34. The van der Waals surface area contributed by atoms with Crippen molar-refractivity contribution in [1.82, 2.24) is 0 Å². The molecule has 1 aliphatic rings. The summed E-state index contributed by atoms with van der Waals surface area (Å²) in [7, 11) is 2.40. The summed E-state index contributed by atoms with van der Waals surface area (Å²) in [6.07, 6.45) is 0.653. The van der Waals surface area contributed by atoms with Crippen LogP contribution in [-0.4, -0.2) is 44.5 Å². The smallest absolute Gasteiger partial charge is 0.339 e. The third kappa shape index (κ3) is 3.57. The monoisotopic (exact) mass is 382 g/mol. The Morgan fingerprint density at radius 2 is 1.68 bits per heavy atom. The quantitative estimate of drug-likeness (QED) is 0.641. The molecule has 0 aromatic heterocycles. The number of hydrogen-bond acceptors (Lipinski definition) is 6. The molecule has 0 radical (unpaired) electrons. The Hall–Kier alpha value is -3.68. The maximum absolute atomic E-state index is 12.6. The number of anilines is 2. The number of amides is 2. The normalized spacial score (nSPS) is 12.1. The van der Waals surface area contributed by atoms with Crippen molar-refractivity contribution in [3.8, 4) is 0 Å². The largest absolute Gasteiger partial charge is 0.465 e. The molecule has 0 bridgehead atoms. The van der Waals surface area contributed by atoms with Crippen LogP contribution in [0.1, 0.15) is 26.3 Å². The van der Waals surface area contributed by atoms with Crippen LogP contribution in [0.15, 0.2) is 42.5 Å². The van der Waals surface area contributed by atoms with E-state index in [0.29, 0.717) is 18.7 Å². The molecule has 0 unspecified atom stereocenters.